The van der Waals surface area contributed by atoms with Gasteiger partial charge in [0.15, 0.2) is 0 Å². The van der Waals surface area contributed by atoms with Gasteiger partial charge in [0.2, 0.25) is 5.69 Å². The number of rotatable bonds is 6. The first-order chi connectivity index (χ1) is 13.0. The first-order valence-corrected chi connectivity index (χ1v) is 9.08. The van der Waals surface area contributed by atoms with Gasteiger partial charge < -0.3 is 10.1 Å². The summed E-state index contributed by atoms with van der Waals surface area (Å²) in [5.74, 6) is 0. The molecule has 0 bridgehead atoms. The van der Waals surface area contributed by atoms with E-state index < -0.39 is 6.09 Å². The molecule has 7 nitrogen and oxygen atoms in total. The SMILES string of the molecule is C.C.[C-]#[N+]c1c(N=Nc2ccc(CCCOC(=O)NC)cc2C)sc(C#N)c1C. The van der Waals surface area contributed by atoms with Crippen LogP contribution < -0.4 is 5.32 Å². The van der Waals surface area contributed by atoms with Crippen molar-refractivity contribution in [3.63, 3.8) is 0 Å². The Hall–Kier alpha value is -3.23. The fourth-order valence-corrected chi connectivity index (χ4v) is 3.26. The normalized spacial score (nSPS) is 9.69. The second kappa shape index (κ2) is 12.3. The van der Waals surface area contributed by atoms with E-state index in [2.05, 4.69) is 26.5 Å². The standard InChI is InChI=1S/C19H19N5O2S.2CH4/c1-12-10-14(6-5-9-26-19(25)22-4)7-8-15(12)23-24-18-17(21-3)13(2)16(11-20)27-18;;/h7-8,10H,5-6,9H2,1-2,4H3,(H,22,25);2*1H4. The van der Waals surface area contributed by atoms with E-state index in [-0.39, 0.29) is 14.9 Å². The highest BCUT2D eigenvalue weighted by molar-refractivity contribution is 7.17. The van der Waals surface area contributed by atoms with Crippen molar-refractivity contribution in [2.75, 3.05) is 13.7 Å². The number of hydrogen-bond acceptors (Lipinski definition) is 6. The Balaban J connectivity index is 0.00000392. The number of carbonyl (C=O) groups excluding carboxylic acids is 1. The summed E-state index contributed by atoms with van der Waals surface area (Å²) in [6, 6.07) is 7.93. The first-order valence-electron chi connectivity index (χ1n) is 8.26. The lowest BCUT2D eigenvalue weighted by Gasteiger charge is -2.06. The van der Waals surface area contributed by atoms with Crippen molar-refractivity contribution < 1.29 is 9.53 Å². The molecule has 0 aliphatic carbocycles. The maximum atomic E-state index is 11.0. The van der Waals surface area contributed by atoms with Gasteiger partial charge in [-0.05, 0) is 49.4 Å². The van der Waals surface area contributed by atoms with E-state index in [0.29, 0.717) is 33.4 Å². The smallest absolute Gasteiger partial charge is 0.406 e. The van der Waals surface area contributed by atoms with Crippen molar-refractivity contribution in [1.82, 2.24) is 5.32 Å². The number of thiophene rings is 1. The van der Waals surface area contributed by atoms with Gasteiger partial charge in [0.25, 0.3) is 0 Å². The molecule has 0 saturated heterocycles. The number of hydrogen-bond donors (Lipinski definition) is 1. The molecule has 0 atom stereocenters. The summed E-state index contributed by atoms with van der Waals surface area (Å²) in [4.78, 5) is 15.0. The van der Waals surface area contributed by atoms with Crippen LogP contribution in [0.3, 0.4) is 0 Å². The van der Waals surface area contributed by atoms with Crippen LogP contribution in [0.5, 0.6) is 0 Å². The van der Waals surface area contributed by atoms with Crippen LogP contribution in [0, 0.1) is 31.8 Å². The highest BCUT2D eigenvalue weighted by atomic mass is 32.1. The molecule has 0 aliphatic heterocycles. The fraction of sp³-hybridized carbons (Fsp3) is 0.381. The van der Waals surface area contributed by atoms with Gasteiger partial charge in [0.05, 0.1) is 23.7 Å². The number of benzene rings is 1. The molecule has 0 unspecified atom stereocenters. The molecule has 1 heterocycles. The molecule has 0 fully saturated rings. The van der Waals surface area contributed by atoms with Crippen LogP contribution in [-0.2, 0) is 11.2 Å². The molecular weight excluding hydrogens is 386 g/mol. The van der Waals surface area contributed by atoms with Crippen LogP contribution in [0.25, 0.3) is 4.85 Å². The lowest BCUT2D eigenvalue weighted by Crippen LogP contribution is -2.19. The topological polar surface area (TPSA) is 91.2 Å². The van der Waals surface area contributed by atoms with Crippen molar-refractivity contribution in [3.8, 4) is 6.07 Å². The van der Waals surface area contributed by atoms with Crippen LogP contribution in [0.4, 0.5) is 21.2 Å². The predicted molar refractivity (Wildman–Crippen MR) is 118 cm³/mol. The molecule has 0 saturated carbocycles. The Morgan fingerprint density at radius 2 is 2.07 bits per heavy atom. The third-order valence-electron chi connectivity index (χ3n) is 3.87. The summed E-state index contributed by atoms with van der Waals surface area (Å²) < 4.78 is 4.97. The highest BCUT2D eigenvalue weighted by Crippen LogP contribution is 2.42. The zero-order chi connectivity index (χ0) is 19.8. The van der Waals surface area contributed by atoms with E-state index in [1.165, 1.54) is 18.4 Å². The van der Waals surface area contributed by atoms with Crippen LogP contribution >= 0.6 is 11.3 Å². The van der Waals surface area contributed by atoms with Crippen LogP contribution in [0.2, 0.25) is 0 Å². The zero-order valence-electron chi connectivity index (χ0n) is 15.4. The average Bonchev–Trinajstić information content (AvgIpc) is 2.98. The van der Waals surface area contributed by atoms with E-state index in [1.807, 2.05) is 25.1 Å². The molecular formula is C21H27N5O2S. The third-order valence-corrected chi connectivity index (χ3v) is 4.94. The van der Waals surface area contributed by atoms with Crippen LogP contribution in [0.1, 0.15) is 42.8 Å². The third kappa shape index (κ3) is 6.70. The summed E-state index contributed by atoms with van der Waals surface area (Å²) in [5, 5.41) is 20.4. The molecule has 29 heavy (non-hydrogen) atoms. The van der Waals surface area contributed by atoms with Crippen molar-refractivity contribution in [2.24, 2.45) is 10.2 Å². The number of nitrogens with zero attached hydrogens (tertiary/aromatic N) is 4. The second-order valence-electron chi connectivity index (χ2n) is 5.74. The molecule has 0 aliphatic rings. The Morgan fingerprint density at radius 1 is 1.34 bits per heavy atom. The van der Waals surface area contributed by atoms with Crippen LogP contribution in [-0.4, -0.2) is 19.7 Å². The monoisotopic (exact) mass is 413 g/mol. The molecule has 8 heteroatoms. The van der Waals surface area contributed by atoms with Crippen molar-refractivity contribution in [3.05, 3.63) is 51.2 Å². The number of azo groups is 1. The van der Waals surface area contributed by atoms with Gasteiger partial charge in [-0.3, -0.25) is 0 Å². The largest absolute Gasteiger partial charge is 0.450 e. The number of carbonyl (C=O) groups is 1. The van der Waals surface area contributed by atoms with Gasteiger partial charge in [0, 0.05) is 7.05 Å². The summed E-state index contributed by atoms with van der Waals surface area (Å²) in [6.07, 6.45) is 1.09. The van der Waals surface area contributed by atoms with Crippen molar-refractivity contribution in [2.45, 2.75) is 41.5 Å². The van der Waals surface area contributed by atoms with E-state index in [9.17, 15) is 4.79 Å². The Morgan fingerprint density at radius 3 is 2.66 bits per heavy atom. The number of amides is 1. The molecule has 0 radical (unpaired) electrons. The van der Waals surface area contributed by atoms with Gasteiger partial charge in [-0.25, -0.2) is 9.64 Å². The minimum Gasteiger partial charge on any atom is -0.450 e. The molecule has 0 spiro atoms. The maximum absolute atomic E-state index is 11.0. The lowest BCUT2D eigenvalue weighted by atomic mass is 10.1. The van der Waals surface area contributed by atoms with Crippen LogP contribution in [0.15, 0.2) is 28.4 Å². The molecule has 1 N–H and O–H groups in total. The van der Waals surface area contributed by atoms with Crippen molar-refractivity contribution >= 4 is 33.8 Å². The van der Waals surface area contributed by atoms with Gasteiger partial charge in [-0.2, -0.15) is 15.5 Å². The van der Waals surface area contributed by atoms with Crippen molar-refractivity contribution in [1.29, 1.82) is 5.26 Å². The van der Waals surface area contributed by atoms with Gasteiger partial charge >= 0.3 is 6.09 Å². The molecule has 1 aromatic carbocycles. The molecule has 2 aromatic rings. The van der Waals surface area contributed by atoms with E-state index in [1.54, 1.807) is 6.92 Å². The van der Waals surface area contributed by atoms with Gasteiger partial charge in [-0.15, -0.1) is 11.3 Å². The van der Waals surface area contributed by atoms with Gasteiger partial charge in [0.1, 0.15) is 11.1 Å². The predicted octanol–water partition coefficient (Wildman–Crippen LogP) is 6.76. The summed E-state index contributed by atoms with van der Waals surface area (Å²) in [6.45, 7) is 11.3. The fourth-order valence-electron chi connectivity index (χ4n) is 2.39. The number of nitriles is 1. The Kier molecular flexibility index (Phi) is 10.9. The molecule has 2 rings (SSSR count). The summed E-state index contributed by atoms with van der Waals surface area (Å²) >= 11 is 1.17. The highest BCUT2D eigenvalue weighted by Gasteiger charge is 2.14. The van der Waals surface area contributed by atoms with E-state index >= 15 is 0 Å². The summed E-state index contributed by atoms with van der Waals surface area (Å²) in [5.41, 5.74) is 3.82. The number of alkyl carbamates (subject to hydrolysis) is 1. The average molecular weight is 414 g/mol. The zero-order valence-corrected chi connectivity index (χ0v) is 16.2. The Labute approximate surface area is 176 Å². The quantitative estimate of drug-likeness (QED) is 0.322. The minimum atomic E-state index is -0.427. The second-order valence-corrected chi connectivity index (χ2v) is 6.74. The summed E-state index contributed by atoms with van der Waals surface area (Å²) in [7, 11) is 1.53. The number of ether oxygens (including phenoxy) is 1. The lowest BCUT2D eigenvalue weighted by molar-refractivity contribution is 0.147. The molecule has 154 valence electrons. The maximum Gasteiger partial charge on any atom is 0.406 e. The molecule has 1 aromatic heterocycles. The minimum absolute atomic E-state index is 0. The van der Waals surface area contributed by atoms with E-state index in [0.717, 1.165) is 24.0 Å². The molecule has 1 amide bonds. The number of aryl methyl sites for hydroxylation is 2. The first kappa shape index (κ1) is 25.8. The number of nitrogens with one attached hydrogen (secondary N) is 1. The van der Waals surface area contributed by atoms with E-state index in [4.69, 9.17) is 16.6 Å². The van der Waals surface area contributed by atoms with Gasteiger partial charge in [-0.1, -0.05) is 27.0 Å². The Bertz CT molecular complexity index is 951.